The van der Waals surface area contributed by atoms with E-state index >= 15 is 0 Å². The molecule has 0 aliphatic heterocycles. The van der Waals surface area contributed by atoms with Gasteiger partial charge in [0.2, 0.25) is 10.0 Å². The van der Waals surface area contributed by atoms with E-state index in [2.05, 4.69) is 10.0 Å². The van der Waals surface area contributed by atoms with Gasteiger partial charge in [-0.3, -0.25) is 0 Å². The Hall–Kier alpha value is -0.130. The molecule has 108 valence electrons. The van der Waals surface area contributed by atoms with Crippen molar-refractivity contribution in [2.75, 3.05) is 13.1 Å². The molecule has 0 heterocycles. The minimum atomic E-state index is -3.19. The van der Waals surface area contributed by atoms with Gasteiger partial charge in [0, 0.05) is 12.6 Å². The maximum atomic E-state index is 12.1. The molecule has 0 bridgehead atoms. The summed E-state index contributed by atoms with van der Waals surface area (Å²) in [6.45, 7) is 7.07. The van der Waals surface area contributed by atoms with Gasteiger partial charge in [-0.05, 0) is 39.2 Å². The van der Waals surface area contributed by atoms with Crippen LogP contribution in [0.25, 0.3) is 0 Å². The molecule has 0 amide bonds. The highest BCUT2D eigenvalue weighted by molar-refractivity contribution is 7.90. The van der Waals surface area contributed by atoms with E-state index in [4.69, 9.17) is 0 Å². The van der Waals surface area contributed by atoms with Gasteiger partial charge in [0.1, 0.15) is 0 Å². The smallest absolute Gasteiger partial charge is 0.215 e. The third-order valence-electron chi connectivity index (χ3n) is 3.92. The predicted molar refractivity (Wildman–Crippen MR) is 76.1 cm³/mol. The van der Waals surface area contributed by atoms with Gasteiger partial charge in [0.15, 0.2) is 0 Å². The summed E-state index contributed by atoms with van der Waals surface area (Å²) in [5.74, 6) is 0.514. The highest BCUT2D eigenvalue weighted by atomic mass is 32.2. The Balaban J connectivity index is 2.47. The maximum Gasteiger partial charge on any atom is 0.215 e. The lowest BCUT2D eigenvalue weighted by Gasteiger charge is -2.29. The molecular formula is C13H28N2O2S. The van der Waals surface area contributed by atoms with Crippen LogP contribution in [0.5, 0.6) is 0 Å². The van der Waals surface area contributed by atoms with Crippen molar-refractivity contribution in [3.63, 3.8) is 0 Å². The monoisotopic (exact) mass is 276 g/mol. The van der Waals surface area contributed by atoms with Crippen LogP contribution in [0.4, 0.5) is 0 Å². The van der Waals surface area contributed by atoms with E-state index < -0.39 is 10.0 Å². The Morgan fingerprint density at radius 2 is 1.78 bits per heavy atom. The first kappa shape index (κ1) is 15.9. The van der Waals surface area contributed by atoms with Crippen LogP contribution in [-0.4, -0.2) is 32.8 Å². The van der Waals surface area contributed by atoms with Crippen molar-refractivity contribution < 1.29 is 8.42 Å². The van der Waals surface area contributed by atoms with Crippen LogP contribution in [0.1, 0.15) is 52.9 Å². The van der Waals surface area contributed by atoms with Crippen LogP contribution in [-0.2, 0) is 10.0 Å². The molecule has 1 aliphatic carbocycles. The SMILES string of the molecule is CCNCC(C)S(=O)(=O)NC(C)C1CCCCC1. The zero-order valence-corrected chi connectivity index (χ0v) is 12.7. The number of sulfonamides is 1. The van der Waals surface area contributed by atoms with Gasteiger partial charge in [-0.15, -0.1) is 0 Å². The van der Waals surface area contributed by atoms with Gasteiger partial charge in [-0.2, -0.15) is 0 Å². The fourth-order valence-electron chi connectivity index (χ4n) is 2.56. The average Bonchev–Trinajstić information content (AvgIpc) is 2.36. The minimum Gasteiger partial charge on any atom is -0.316 e. The van der Waals surface area contributed by atoms with Crippen LogP contribution < -0.4 is 10.0 Å². The second-order valence-electron chi connectivity index (χ2n) is 5.47. The van der Waals surface area contributed by atoms with Crippen molar-refractivity contribution in [3.05, 3.63) is 0 Å². The number of hydrogen-bond donors (Lipinski definition) is 2. The van der Waals surface area contributed by atoms with Gasteiger partial charge < -0.3 is 5.32 Å². The van der Waals surface area contributed by atoms with Crippen LogP contribution in [0.3, 0.4) is 0 Å². The first-order valence-electron chi connectivity index (χ1n) is 7.19. The molecule has 4 nitrogen and oxygen atoms in total. The van der Waals surface area contributed by atoms with E-state index in [9.17, 15) is 8.42 Å². The van der Waals surface area contributed by atoms with E-state index in [0.717, 1.165) is 19.4 Å². The first-order valence-corrected chi connectivity index (χ1v) is 8.74. The van der Waals surface area contributed by atoms with Crippen LogP contribution >= 0.6 is 0 Å². The Kier molecular flexibility index (Phi) is 6.60. The Morgan fingerprint density at radius 3 is 2.33 bits per heavy atom. The highest BCUT2D eigenvalue weighted by Gasteiger charge is 2.27. The third-order valence-corrected chi connectivity index (χ3v) is 5.85. The lowest BCUT2D eigenvalue weighted by Crippen LogP contribution is -2.45. The molecule has 0 spiro atoms. The molecule has 2 atom stereocenters. The summed E-state index contributed by atoms with van der Waals surface area (Å²) >= 11 is 0. The molecule has 0 aromatic heterocycles. The summed E-state index contributed by atoms with van der Waals surface area (Å²) in [6.07, 6.45) is 6.09. The molecule has 1 saturated carbocycles. The topological polar surface area (TPSA) is 58.2 Å². The first-order chi connectivity index (χ1) is 8.47. The molecule has 0 aromatic carbocycles. The summed E-state index contributed by atoms with van der Waals surface area (Å²) in [5.41, 5.74) is 0. The molecule has 0 radical (unpaired) electrons. The summed E-state index contributed by atoms with van der Waals surface area (Å²) < 4.78 is 27.1. The zero-order valence-electron chi connectivity index (χ0n) is 11.9. The molecular weight excluding hydrogens is 248 g/mol. The van der Waals surface area contributed by atoms with Crippen molar-refractivity contribution in [2.24, 2.45) is 5.92 Å². The van der Waals surface area contributed by atoms with Crippen LogP contribution in [0.15, 0.2) is 0 Å². The number of hydrogen-bond acceptors (Lipinski definition) is 3. The Morgan fingerprint density at radius 1 is 1.17 bits per heavy atom. The molecule has 1 aliphatic rings. The quantitative estimate of drug-likeness (QED) is 0.746. The zero-order chi connectivity index (χ0) is 13.6. The predicted octanol–water partition coefficient (Wildman–Crippen LogP) is 1.87. The molecule has 5 heteroatoms. The summed E-state index contributed by atoms with van der Waals surface area (Å²) in [4.78, 5) is 0. The lowest BCUT2D eigenvalue weighted by atomic mass is 9.85. The highest BCUT2D eigenvalue weighted by Crippen LogP contribution is 2.26. The number of nitrogens with one attached hydrogen (secondary N) is 2. The van der Waals surface area contributed by atoms with Crippen molar-refractivity contribution in [1.29, 1.82) is 0 Å². The summed E-state index contributed by atoms with van der Waals surface area (Å²) in [5, 5.41) is 2.72. The van der Waals surface area contributed by atoms with Crippen molar-refractivity contribution in [3.8, 4) is 0 Å². The van der Waals surface area contributed by atoms with Crippen LogP contribution in [0.2, 0.25) is 0 Å². The second-order valence-corrected chi connectivity index (χ2v) is 7.60. The Bertz CT molecular complexity index is 324. The maximum absolute atomic E-state index is 12.1. The average molecular weight is 276 g/mol. The lowest BCUT2D eigenvalue weighted by molar-refractivity contribution is 0.302. The van der Waals surface area contributed by atoms with E-state index in [1.807, 2.05) is 13.8 Å². The Labute approximate surface area is 112 Å². The van der Waals surface area contributed by atoms with Gasteiger partial charge in [0.25, 0.3) is 0 Å². The van der Waals surface area contributed by atoms with Crippen molar-refractivity contribution >= 4 is 10.0 Å². The molecule has 1 rings (SSSR count). The van der Waals surface area contributed by atoms with Gasteiger partial charge in [0.05, 0.1) is 5.25 Å². The summed E-state index contributed by atoms with van der Waals surface area (Å²) in [6, 6.07) is 0.0689. The molecule has 0 aromatic rings. The molecule has 18 heavy (non-hydrogen) atoms. The van der Waals surface area contributed by atoms with E-state index in [1.165, 1.54) is 19.3 Å². The van der Waals surface area contributed by atoms with Crippen molar-refractivity contribution in [2.45, 2.75) is 64.2 Å². The fraction of sp³-hybridized carbons (Fsp3) is 1.00. The third kappa shape index (κ3) is 4.86. The molecule has 1 fully saturated rings. The van der Waals surface area contributed by atoms with E-state index in [-0.39, 0.29) is 11.3 Å². The number of rotatable bonds is 7. The largest absolute Gasteiger partial charge is 0.316 e. The van der Waals surface area contributed by atoms with E-state index in [0.29, 0.717) is 12.5 Å². The molecule has 2 N–H and O–H groups in total. The van der Waals surface area contributed by atoms with Gasteiger partial charge in [-0.1, -0.05) is 26.2 Å². The minimum absolute atomic E-state index is 0.0689. The fourth-order valence-corrected chi connectivity index (χ4v) is 3.84. The normalized spacial score (nSPS) is 21.7. The molecule has 0 saturated heterocycles. The molecule has 2 unspecified atom stereocenters. The standard InChI is InChI=1S/C13H28N2O2S/c1-4-14-10-11(2)18(16,17)15-12(3)13-8-6-5-7-9-13/h11-15H,4-10H2,1-3H3. The van der Waals surface area contributed by atoms with Gasteiger partial charge >= 0.3 is 0 Å². The van der Waals surface area contributed by atoms with Crippen molar-refractivity contribution in [1.82, 2.24) is 10.0 Å². The van der Waals surface area contributed by atoms with Gasteiger partial charge in [-0.25, -0.2) is 13.1 Å². The summed E-state index contributed by atoms with van der Waals surface area (Å²) in [7, 11) is -3.19. The van der Waals surface area contributed by atoms with E-state index in [1.54, 1.807) is 6.92 Å². The second kappa shape index (κ2) is 7.46. The van der Waals surface area contributed by atoms with Crippen LogP contribution in [0, 0.1) is 5.92 Å².